The zero-order chi connectivity index (χ0) is 28.2. The van der Waals surface area contributed by atoms with Gasteiger partial charge >= 0.3 is 0 Å². The van der Waals surface area contributed by atoms with Gasteiger partial charge in [0.2, 0.25) is 0 Å². The Labute approximate surface area is 234 Å². The summed E-state index contributed by atoms with van der Waals surface area (Å²) in [6.45, 7) is 8.19. The van der Waals surface area contributed by atoms with E-state index < -0.39 is 10.0 Å². The first kappa shape index (κ1) is 29.0. The van der Waals surface area contributed by atoms with Gasteiger partial charge in [-0.3, -0.25) is 14.4 Å². The summed E-state index contributed by atoms with van der Waals surface area (Å²) in [5, 5.41) is 2.97. The van der Waals surface area contributed by atoms with Crippen LogP contribution in [0.4, 0.5) is 5.69 Å². The lowest BCUT2D eigenvalue weighted by atomic mass is 10.0. The van der Waals surface area contributed by atoms with Crippen molar-refractivity contribution in [2.45, 2.75) is 44.4 Å². The van der Waals surface area contributed by atoms with Crippen LogP contribution in [0, 0.1) is 12.8 Å². The lowest BCUT2D eigenvalue weighted by molar-refractivity contribution is 0.00921. The number of rotatable bonds is 6. The zero-order valence-electron chi connectivity index (χ0n) is 23.0. The maximum atomic E-state index is 13.5. The molecule has 0 radical (unpaired) electrons. The van der Waals surface area contributed by atoms with Crippen LogP contribution >= 0.6 is 11.3 Å². The maximum absolute atomic E-state index is 13.5. The van der Waals surface area contributed by atoms with Gasteiger partial charge in [0.1, 0.15) is 17.4 Å². The Morgan fingerprint density at radius 3 is 2.56 bits per heavy atom. The molecule has 0 unspecified atom stereocenters. The number of methoxy groups -OCH3 is 1. The summed E-state index contributed by atoms with van der Waals surface area (Å²) >= 11 is 1.61. The van der Waals surface area contributed by atoms with Gasteiger partial charge in [0.05, 0.1) is 28.8 Å². The van der Waals surface area contributed by atoms with Gasteiger partial charge < -0.3 is 14.4 Å². The van der Waals surface area contributed by atoms with Crippen LogP contribution in [0.1, 0.15) is 34.8 Å². The third kappa shape index (κ3) is 7.16. The van der Waals surface area contributed by atoms with Crippen molar-refractivity contribution < 1.29 is 22.7 Å². The van der Waals surface area contributed by atoms with Crippen LogP contribution in [0.3, 0.4) is 0 Å². The first-order chi connectivity index (χ1) is 18.6. The maximum Gasteiger partial charge on any atom is 0.261 e. The van der Waals surface area contributed by atoms with Gasteiger partial charge in [0, 0.05) is 50.9 Å². The number of nitrogens with zero attached hydrogens (tertiary/aromatic N) is 3. The van der Waals surface area contributed by atoms with Crippen molar-refractivity contribution in [3.63, 3.8) is 0 Å². The quantitative estimate of drug-likeness (QED) is 0.471. The topological polar surface area (TPSA) is 101 Å². The molecule has 9 nitrogen and oxygen atoms in total. The molecule has 1 aliphatic heterocycles. The molecule has 11 heteroatoms. The Balaban J connectivity index is 1.65. The number of amides is 1. The number of ether oxygens (including phenoxy) is 2. The fourth-order valence-corrected chi connectivity index (χ4v) is 6.26. The predicted molar refractivity (Wildman–Crippen MR) is 153 cm³/mol. The van der Waals surface area contributed by atoms with Gasteiger partial charge in [-0.05, 0) is 44.0 Å². The van der Waals surface area contributed by atoms with Crippen molar-refractivity contribution in [1.29, 1.82) is 0 Å². The molecular weight excluding hydrogens is 536 g/mol. The molecule has 1 N–H and O–H groups in total. The smallest absolute Gasteiger partial charge is 0.261 e. The number of anilines is 1. The number of carbonyl (C=O) groups excluding carboxylic acids is 1. The minimum Gasteiger partial charge on any atom is -0.491 e. The highest BCUT2D eigenvalue weighted by Crippen LogP contribution is 2.28. The Morgan fingerprint density at radius 2 is 1.90 bits per heavy atom. The third-order valence-corrected chi connectivity index (χ3v) is 9.14. The van der Waals surface area contributed by atoms with E-state index in [2.05, 4.69) is 28.5 Å². The molecule has 39 heavy (non-hydrogen) atoms. The molecular formula is C28H36N4O5S2. The number of fused-ring (bicyclic) bond motifs is 1. The largest absolute Gasteiger partial charge is 0.491 e. The highest BCUT2D eigenvalue weighted by atomic mass is 32.2. The molecule has 0 saturated heterocycles. The molecule has 210 valence electrons. The number of sulfonamides is 1. The van der Waals surface area contributed by atoms with Gasteiger partial charge in [0.15, 0.2) is 0 Å². The predicted octanol–water partition coefficient (Wildman–Crippen LogP) is 4.26. The van der Waals surface area contributed by atoms with Crippen molar-refractivity contribution in [2.75, 3.05) is 38.6 Å². The van der Waals surface area contributed by atoms with E-state index in [9.17, 15) is 13.2 Å². The average molecular weight is 573 g/mol. The number of aryl methyl sites for hydroxylation is 1. The summed E-state index contributed by atoms with van der Waals surface area (Å²) in [4.78, 5) is 22.0. The van der Waals surface area contributed by atoms with Crippen molar-refractivity contribution in [2.24, 2.45) is 5.92 Å². The van der Waals surface area contributed by atoms with Crippen molar-refractivity contribution >= 4 is 33.0 Å². The molecule has 0 saturated carbocycles. The molecule has 0 spiro atoms. The number of aromatic nitrogens is 1. The second-order valence-corrected chi connectivity index (χ2v) is 12.7. The van der Waals surface area contributed by atoms with Crippen LogP contribution in [-0.2, 0) is 21.3 Å². The first-order valence-electron chi connectivity index (χ1n) is 12.8. The lowest BCUT2D eigenvalue weighted by Gasteiger charge is -2.35. The Morgan fingerprint density at radius 1 is 1.15 bits per heavy atom. The number of nitrogens with one attached hydrogen (secondary N) is 1. The van der Waals surface area contributed by atoms with Gasteiger partial charge in [-0.2, -0.15) is 0 Å². The zero-order valence-corrected chi connectivity index (χ0v) is 24.6. The third-order valence-electron chi connectivity index (χ3n) is 6.98. The van der Waals surface area contributed by atoms with E-state index in [0.29, 0.717) is 36.7 Å². The van der Waals surface area contributed by atoms with E-state index in [1.807, 2.05) is 12.3 Å². The van der Waals surface area contributed by atoms with E-state index in [0.717, 1.165) is 17.1 Å². The molecule has 1 aromatic heterocycles. The van der Waals surface area contributed by atoms with Gasteiger partial charge in [-0.1, -0.05) is 24.6 Å². The average Bonchev–Trinajstić information content (AvgIpc) is 3.42. The minimum atomic E-state index is -3.82. The Kier molecular flexibility index (Phi) is 9.27. The van der Waals surface area contributed by atoms with Crippen LogP contribution in [0.25, 0.3) is 0 Å². The fraction of sp³-hybridized carbons (Fsp3) is 0.429. The number of benzene rings is 2. The highest BCUT2D eigenvalue weighted by Gasteiger charge is 2.29. The molecule has 0 bridgehead atoms. The van der Waals surface area contributed by atoms with Gasteiger partial charge in [-0.25, -0.2) is 13.4 Å². The molecule has 2 aromatic carbocycles. The number of hydrogen-bond donors (Lipinski definition) is 1. The fourth-order valence-electron chi connectivity index (χ4n) is 4.57. The van der Waals surface area contributed by atoms with Crippen LogP contribution in [0.2, 0.25) is 0 Å². The minimum absolute atomic E-state index is 0.0122. The molecule has 1 amide bonds. The summed E-state index contributed by atoms with van der Waals surface area (Å²) in [6.07, 6.45) is 1.63. The van der Waals surface area contributed by atoms with Crippen molar-refractivity contribution in [3.8, 4) is 5.75 Å². The summed E-state index contributed by atoms with van der Waals surface area (Å²) in [7, 11) is -0.411. The summed E-state index contributed by atoms with van der Waals surface area (Å²) in [6, 6.07) is 11.4. The molecule has 3 aromatic rings. The van der Waals surface area contributed by atoms with E-state index in [-0.39, 0.29) is 28.9 Å². The van der Waals surface area contributed by atoms with E-state index in [4.69, 9.17) is 9.47 Å². The molecule has 3 atom stereocenters. The normalized spacial score (nSPS) is 21.4. The molecule has 0 fully saturated rings. The second-order valence-electron chi connectivity index (χ2n) is 10.1. The van der Waals surface area contributed by atoms with E-state index in [1.165, 1.54) is 0 Å². The SMILES string of the molecule is CO[C@@H]1CN(C)C(=O)c2ccc(NS(=O)(=O)c3ccc(C)cc3)cc2OC[C@H](C)N(Cc2nccs2)C[C@H]1C. The molecule has 2 heterocycles. The van der Waals surface area contributed by atoms with Gasteiger partial charge in [0.25, 0.3) is 15.9 Å². The number of likely N-dealkylation sites (N-methyl/N-ethyl adjacent to an activating group) is 1. The molecule has 4 rings (SSSR count). The lowest BCUT2D eigenvalue weighted by Crippen LogP contribution is -2.46. The van der Waals surface area contributed by atoms with E-state index >= 15 is 0 Å². The monoisotopic (exact) mass is 572 g/mol. The number of carbonyl (C=O) groups is 1. The van der Waals surface area contributed by atoms with Crippen LogP contribution in [0.5, 0.6) is 5.75 Å². The summed E-state index contributed by atoms with van der Waals surface area (Å²) < 4.78 is 40.7. The van der Waals surface area contributed by atoms with Crippen LogP contribution in [0.15, 0.2) is 58.9 Å². The molecule has 0 aliphatic carbocycles. The first-order valence-corrected chi connectivity index (χ1v) is 15.2. The Bertz CT molecular complexity index is 1360. The van der Waals surface area contributed by atoms with Crippen LogP contribution in [-0.4, -0.2) is 75.1 Å². The summed E-state index contributed by atoms with van der Waals surface area (Å²) in [5.41, 5.74) is 1.64. The van der Waals surface area contributed by atoms with Crippen LogP contribution < -0.4 is 9.46 Å². The number of thiazole rings is 1. The molecule has 1 aliphatic rings. The summed E-state index contributed by atoms with van der Waals surface area (Å²) in [5.74, 6) is 0.241. The highest BCUT2D eigenvalue weighted by molar-refractivity contribution is 7.92. The van der Waals surface area contributed by atoms with E-state index in [1.54, 1.807) is 79.1 Å². The second kappa shape index (κ2) is 12.5. The van der Waals surface area contributed by atoms with Gasteiger partial charge in [-0.15, -0.1) is 11.3 Å². The van der Waals surface area contributed by atoms with Crippen molar-refractivity contribution in [1.82, 2.24) is 14.8 Å². The van der Waals surface area contributed by atoms with Crippen molar-refractivity contribution in [3.05, 3.63) is 70.2 Å². The number of hydrogen-bond acceptors (Lipinski definition) is 8. The standard InChI is InChI=1S/C28H36N4O5S2/c1-19-6-9-23(10-7-19)39(34,35)30-22-8-11-24-25(14-22)37-18-21(3)32(17-27-29-12-13-38-27)15-20(2)26(36-5)16-31(4)28(24)33/h6-14,20-21,26,30H,15-18H2,1-5H3/t20-,21+,26-/m1/s1. The Hall–Kier alpha value is -2.99.